The third kappa shape index (κ3) is 4.83. The van der Waals surface area contributed by atoms with E-state index in [0.717, 1.165) is 33.5 Å². The minimum Gasteiger partial charge on any atom is -0.316 e. The van der Waals surface area contributed by atoms with Crippen LogP contribution in [-0.2, 0) is 5.41 Å². The summed E-state index contributed by atoms with van der Waals surface area (Å²) >= 11 is 0. The van der Waals surface area contributed by atoms with Gasteiger partial charge < -0.3 is 9.13 Å². The smallest absolute Gasteiger partial charge is 0.164 e. The number of hydrogen-bond donors (Lipinski definition) is 0. The Morgan fingerprint density at radius 1 is 0.455 bits per heavy atom. The van der Waals surface area contributed by atoms with E-state index in [4.69, 9.17) is 15.0 Å². The molecule has 0 saturated carbocycles. The molecule has 0 spiro atoms. The molecule has 0 saturated heterocycles. The lowest BCUT2D eigenvalue weighted by molar-refractivity contribution is 0.632. The van der Waals surface area contributed by atoms with Crippen LogP contribution in [0.3, 0.4) is 0 Å². The zero-order valence-corrected chi connectivity index (χ0v) is 30.5. The Morgan fingerprint density at radius 2 is 1.04 bits per heavy atom. The van der Waals surface area contributed by atoms with Crippen LogP contribution < -0.4 is 0 Å². The van der Waals surface area contributed by atoms with Gasteiger partial charge in [-0.1, -0.05) is 141 Å². The van der Waals surface area contributed by atoms with E-state index in [1.807, 2.05) is 60.7 Å². The number of aromatic nitrogens is 5. The molecule has 0 atom stereocenters. The van der Waals surface area contributed by atoms with Crippen molar-refractivity contribution < 1.29 is 0 Å². The lowest BCUT2D eigenvalue weighted by atomic mass is 9.74. The second-order valence-electron chi connectivity index (χ2n) is 14.9. The molecule has 0 aliphatic carbocycles. The van der Waals surface area contributed by atoms with Crippen molar-refractivity contribution in [1.29, 1.82) is 0 Å². The van der Waals surface area contributed by atoms with Gasteiger partial charge in [-0.15, -0.1) is 0 Å². The Morgan fingerprint density at radius 3 is 1.78 bits per heavy atom. The van der Waals surface area contributed by atoms with Crippen molar-refractivity contribution in [3.05, 3.63) is 187 Å². The molecule has 3 aromatic heterocycles. The summed E-state index contributed by atoms with van der Waals surface area (Å²) in [6.45, 7) is 4.77. The van der Waals surface area contributed by atoms with E-state index in [-0.39, 0.29) is 5.41 Å². The summed E-state index contributed by atoms with van der Waals surface area (Å²) in [6.07, 6.45) is 2.24. The number of rotatable bonds is 5. The van der Waals surface area contributed by atoms with Crippen LogP contribution in [0, 0.1) is 0 Å². The molecular formula is C50H35N5. The molecule has 0 bridgehead atoms. The maximum absolute atomic E-state index is 5.01. The average Bonchev–Trinajstić information content (AvgIpc) is 3.82. The summed E-state index contributed by atoms with van der Waals surface area (Å²) in [5, 5.41) is 3.79. The quantitative estimate of drug-likeness (QED) is 0.179. The van der Waals surface area contributed by atoms with Gasteiger partial charge in [0.2, 0.25) is 0 Å². The van der Waals surface area contributed by atoms with Gasteiger partial charge in [0.05, 0.1) is 16.6 Å². The molecule has 4 heterocycles. The van der Waals surface area contributed by atoms with E-state index in [1.54, 1.807) is 0 Å². The fourth-order valence-electron chi connectivity index (χ4n) is 8.76. The van der Waals surface area contributed by atoms with Crippen LogP contribution in [0.15, 0.2) is 176 Å². The molecule has 11 rings (SSSR count). The van der Waals surface area contributed by atoms with E-state index in [1.165, 1.54) is 49.5 Å². The Bertz CT molecular complexity index is 3060. The van der Waals surface area contributed by atoms with Crippen LogP contribution in [0.4, 0.5) is 0 Å². The molecule has 0 N–H and O–H groups in total. The summed E-state index contributed by atoms with van der Waals surface area (Å²) in [7, 11) is 0. The predicted molar refractivity (Wildman–Crippen MR) is 225 cm³/mol. The highest BCUT2D eigenvalue weighted by molar-refractivity contribution is 6.16. The summed E-state index contributed by atoms with van der Waals surface area (Å²) in [5.41, 5.74) is 13.6. The first-order chi connectivity index (χ1) is 27.0. The van der Waals surface area contributed by atoms with E-state index in [2.05, 4.69) is 138 Å². The Hall–Kier alpha value is -7.11. The Kier molecular flexibility index (Phi) is 6.83. The van der Waals surface area contributed by atoms with Crippen molar-refractivity contribution in [2.24, 2.45) is 0 Å². The zero-order valence-electron chi connectivity index (χ0n) is 30.5. The van der Waals surface area contributed by atoms with Crippen molar-refractivity contribution >= 4 is 32.7 Å². The lowest BCUT2D eigenvalue weighted by Gasteiger charge is -2.35. The molecule has 55 heavy (non-hydrogen) atoms. The van der Waals surface area contributed by atoms with E-state index in [9.17, 15) is 0 Å². The van der Waals surface area contributed by atoms with Gasteiger partial charge in [0, 0.05) is 61.4 Å². The monoisotopic (exact) mass is 705 g/mol. The Labute approximate surface area is 318 Å². The minimum atomic E-state index is -0.234. The molecule has 260 valence electrons. The zero-order chi connectivity index (χ0) is 36.7. The molecule has 5 nitrogen and oxygen atoms in total. The van der Waals surface area contributed by atoms with Gasteiger partial charge >= 0.3 is 0 Å². The maximum atomic E-state index is 5.01. The van der Waals surface area contributed by atoms with Crippen molar-refractivity contribution in [2.75, 3.05) is 0 Å². The van der Waals surface area contributed by atoms with E-state index >= 15 is 0 Å². The summed E-state index contributed by atoms with van der Waals surface area (Å²) in [4.78, 5) is 14.9. The fraction of sp³-hybridized carbons (Fsp3) is 0.0600. The van der Waals surface area contributed by atoms with Crippen LogP contribution in [0.5, 0.6) is 0 Å². The number of fused-ring (bicyclic) bond motifs is 6. The molecule has 5 heteroatoms. The van der Waals surface area contributed by atoms with Gasteiger partial charge in [-0.2, -0.15) is 0 Å². The number of benzene rings is 7. The standard InChI is InChI=1S/C50H35N5/c1-50(2)41-24-10-12-26-43(41)54-28-27-36-31-40-39-23-9-11-25-42(39)55(46(40)44(50)45(36)54)38-22-14-20-35(30-38)34-19-13-21-37(29-34)49-52-47(32-15-5-3-6-16-32)51-48(53-49)33-17-7-4-8-18-33/h3-31H,1-2H3. The third-order valence-corrected chi connectivity index (χ3v) is 11.3. The average molecular weight is 706 g/mol. The van der Waals surface area contributed by atoms with Crippen LogP contribution in [-0.4, -0.2) is 24.1 Å². The molecule has 1 aliphatic rings. The minimum absolute atomic E-state index is 0.234. The van der Waals surface area contributed by atoms with Gasteiger partial charge in [0.1, 0.15) is 0 Å². The van der Waals surface area contributed by atoms with Gasteiger partial charge in [0.15, 0.2) is 17.5 Å². The molecule has 1 aliphatic heterocycles. The molecule has 0 unspecified atom stereocenters. The number of hydrogen-bond acceptors (Lipinski definition) is 3. The second kappa shape index (κ2) is 12.0. The topological polar surface area (TPSA) is 48.5 Å². The highest BCUT2D eigenvalue weighted by Gasteiger charge is 2.37. The predicted octanol–water partition coefficient (Wildman–Crippen LogP) is 12.2. The second-order valence-corrected chi connectivity index (χ2v) is 14.9. The van der Waals surface area contributed by atoms with E-state index in [0.29, 0.717) is 17.5 Å². The van der Waals surface area contributed by atoms with Gasteiger partial charge in [-0.25, -0.2) is 15.0 Å². The van der Waals surface area contributed by atoms with Gasteiger partial charge in [-0.3, -0.25) is 0 Å². The molecule has 0 fully saturated rings. The largest absolute Gasteiger partial charge is 0.316 e. The molecule has 0 radical (unpaired) electrons. The van der Waals surface area contributed by atoms with E-state index < -0.39 is 0 Å². The molecule has 7 aromatic carbocycles. The molecular weight excluding hydrogens is 671 g/mol. The fourth-order valence-corrected chi connectivity index (χ4v) is 8.76. The highest BCUT2D eigenvalue weighted by atomic mass is 15.0. The maximum Gasteiger partial charge on any atom is 0.164 e. The lowest BCUT2D eigenvalue weighted by Crippen LogP contribution is -2.27. The van der Waals surface area contributed by atoms with Crippen molar-refractivity contribution in [3.8, 4) is 56.7 Å². The van der Waals surface area contributed by atoms with Crippen LogP contribution in [0.2, 0.25) is 0 Å². The molecule has 10 aromatic rings. The van der Waals surface area contributed by atoms with Gasteiger partial charge in [-0.05, 0) is 59.2 Å². The van der Waals surface area contributed by atoms with Crippen molar-refractivity contribution in [1.82, 2.24) is 24.1 Å². The first kappa shape index (κ1) is 31.4. The first-order valence-electron chi connectivity index (χ1n) is 18.8. The SMILES string of the molecule is CC1(C)c2ccccc2-n2ccc3cc4c5ccccc5n(-c5cccc(-c6cccc(-c7nc(-c8ccccc8)nc(-c8ccccc8)n7)c6)c5)c4c1c32. The van der Waals surface area contributed by atoms with Crippen molar-refractivity contribution in [3.63, 3.8) is 0 Å². The molecule has 0 amide bonds. The summed E-state index contributed by atoms with van der Waals surface area (Å²) in [6, 6.07) is 60.1. The summed E-state index contributed by atoms with van der Waals surface area (Å²) in [5.74, 6) is 1.94. The highest BCUT2D eigenvalue weighted by Crippen LogP contribution is 2.50. The first-order valence-corrected chi connectivity index (χ1v) is 18.8. The Balaban J connectivity index is 1.10. The van der Waals surface area contributed by atoms with Gasteiger partial charge in [0.25, 0.3) is 0 Å². The van der Waals surface area contributed by atoms with Crippen LogP contribution in [0.1, 0.15) is 25.0 Å². The van der Waals surface area contributed by atoms with Crippen LogP contribution >= 0.6 is 0 Å². The number of para-hydroxylation sites is 2. The number of nitrogens with zero attached hydrogens (tertiary/aromatic N) is 5. The third-order valence-electron chi connectivity index (χ3n) is 11.3. The van der Waals surface area contributed by atoms with Crippen LogP contribution in [0.25, 0.3) is 89.4 Å². The summed E-state index contributed by atoms with van der Waals surface area (Å²) < 4.78 is 4.88. The normalized spacial score (nSPS) is 13.1. The van der Waals surface area contributed by atoms with Crippen molar-refractivity contribution in [2.45, 2.75) is 19.3 Å².